The molecule has 3 heterocycles. The number of rotatable bonds is 6. The van der Waals surface area contributed by atoms with Gasteiger partial charge in [0.05, 0.1) is 5.56 Å². The van der Waals surface area contributed by atoms with Gasteiger partial charge in [-0.05, 0) is 24.3 Å². The summed E-state index contributed by atoms with van der Waals surface area (Å²) in [5, 5.41) is 8.79. The normalized spacial score (nSPS) is 10.9. The van der Waals surface area contributed by atoms with E-state index in [2.05, 4.69) is 20.2 Å². The molecule has 0 bridgehead atoms. The van der Waals surface area contributed by atoms with E-state index in [9.17, 15) is 0 Å². The minimum atomic E-state index is 0.402. The van der Waals surface area contributed by atoms with Crippen LogP contribution in [0.1, 0.15) is 5.56 Å². The van der Waals surface area contributed by atoms with Crippen LogP contribution in [0.25, 0.3) is 34.1 Å². The van der Waals surface area contributed by atoms with Crippen LogP contribution in [-0.4, -0.2) is 24.9 Å². The van der Waals surface area contributed by atoms with Crippen molar-refractivity contribution in [1.82, 2.24) is 24.9 Å². The van der Waals surface area contributed by atoms with E-state index in [1.54, 1.807) is 17.1 Å². The molecule has 0 spiro atoms. The molecule has 0 N–H and O–H groups in total. The van der Waals surface area contributed by atoms with Crippen LogP contribution in [0, 0.1) is 0 Å². The van der Waals surface area contributed by atoms with Crippen molar-refractivity contribution in [2.45, 2.75) is 6.61 Å². The summed E-state index contributed by atoms with van der Waals surface area (Å²) < 4.78 is 13.3. The third-order valence-electron chi connectivity index (χ3n) is 4.83. The average molecular weight is 409 g/mol. The average Bonchev–Trinajstić information content (AvgIpc) is 3.46. The molecule has 0 aliphatic carbocycles. The van der Waals surface area contributed by atoms with E-state index in [1.165, 1.54) is 0 Å². The summed E-state index contributed by atoms with van der Waals surface area (Å²) in [4.78, 5) is 8.74. The van der Waals surface area contributed by atoms with Gasteiger partial charge in [-0.15, -0.1) is 0 Å². The number of aromatic nitrogens is 5. The monoisotopic (exact) mass is 409 g/mol. The Morgan fingerprint density at radius 3 is 2.52 bits per heavy atom. The van der Waals surface area contributed by atoms with E-state index >= 15 is 0 Å². The van der Waals surface area contributed by atoms with Gasteiger partial charge in [0.25, 0.3) is 5.89 Å². The van der Waals surface area contributed by atoms with Gasteiger partial charge in [0, 0.05) is 42.3 Å². The number of aryl methyl sites for hydroxylation is 1. The number of hydrogen-bond donors (Lipinski definition) is 0. The quantitative estimate of drug-likeness (QED) is 0.402. The fraction of sp³-hybridized carbons (Fsp3) is 0.0833. The van der Waals surface area contributed by atoms with Crippen molar-refractivity contribution in [2.75, 3.05) is 0 Å². The molecule has 0 saturated carbocycles. The molecule has 2 aromatic carbocycles. The highest BCUT2D eigenvalue weighted by Crippen LogP contribution is 2.31. The Morgan fingerprint density at radius 2 is 1.68 bits per heavy atom. The first kappa shape index (κ1) is 18.7. The van der Waals surface area contributed by atoms with Crippen LogP contribution < -0.4 is 4.74 Å². The van der Waals surface area contributed by atoms with Crippen LogP contribution in [0.2, 0.25) is 0 Å². The number of pyridine rings is 1. The highest BCUT2D eigenvalue weighted by Gasteiger charge is 2.19. The number of para-hydroxylation sites is 1. The van der Waals surface area contributed by atoms with Crippen molar-refractivity contribution in [3.8, 4) is 39.8 Å². The zero-order chi connectivity index (χ0) is 21.0. The lowest BCUT2D eigenvalue weighted by molar-refractivity contribution is 0.306. The second kappa shape index (κ2) is 8.23. The Bertz CT molecular complexity index is 1300. The molecule has 0 saturated heterocycles. The van der Waals surface area contributed by atoms with Gasteiger partial charge < -0.3 is 9.26 Å². The van der Waals surface area contributed by atoms with E-state index in [-0.39, 0.29) is 0 Å². The maximum absolute atomic E-state index is 5.92. The Kier molecular flexibility index (Phi) is 4.98. The first-order valence-electron chi connectivity index (χ1n) is 9.82. The van der Waals surface area contributed by atoms with Gasteiger partial charge in [-0.1, -0.05) is 47.6 Å². The molecular weight excluding hydrogens is 390 g/mol. The standard InChI is InChI=1S/C24H19N5O2/c1-29-15-21(22(27-29)17-11-13-25-14-12-17)24-26-23(28-31-24)20-10-6-5-7-18(20)16-30-19-8-3-2-4-9-19/h2-15H,16H2,1H3. The van der Waals surface area contributed by atoms with Crippen LogP contribution >= 0.6 is 0 Å². The first-order chi connectivity index (χ1) is 15.3. The molecule has 0 atom stereocenters. The molecule has 0 unspecified atom stereocenters. The van der Waals surface area contributed by atoms with Crippen LogP contribution in [0.5, 0.6) is 5.75 Å². The Labute approximate surface area is 179 Å². The minimum absolute atomic E-state index is 0.402. The van der Waals surface area contributed by atoms with Gasteiger partial charge in [0.1, 0.15) is 18.1 Å². The summed E-state index contributed by atoms with van der Waals surface area (Å²) in [6.07, 6.45) is 5.34. The fourth-order valence-corrected chi connectivity index (χ4v) is 3.35. The largest absolute Gasteiger partial charge is 0.489 e. The molecule has 5 aromatic rings. The predicted molar refractivity (Wildman–Crippen MR) is 116 cm³/mol. The lowest BCUT2D eigenvalue weighted by Gasteiger charge is -2.08. The zero-order valence-corrected chi connectivity index (χ0v) is 16.8. The van der Waals surface area contributed by atoms with Crippen molar-refractivity contribution in [2.24, 2.45) is 7.05 Å². The van der Waals surface area contributed by atoms with E-state index < -0.39 is 0 Å². The lowest BCUT2D eigenvalue weighted by atomic mass is 10.1. The second-order valence-electron chi connectivity index (χ2n) is 6.98. The Morgan fingerprint density at radius 1 is 0.903 bits per heavy atom. The van der Waals surface area contributed by atoms with E-state index in [4.69, 9.17) is 9.26 Å². The Balaban J connectivity index is 1.46. The molecule has 7 nitrogen and oxygen atoms in total. The summed E-state index contributed by atoms with van der Waals surface area (Å²) in [6.45, 7) is 0.402. The van der Waals surface area contributed by atoms with Crippen molar-refractivity contribution < 1.29 is 9.26 Å². The molecule has 5 rings (SSSR count). The molecule has 0 aliphatic heterocycles. The summed E-state index contributed by atoms with van der Waals surface area (Å²) in [5.41, 5.74) is 4.30. The molecule has 3 aromatic heterocycles. The lowest BCUT2D eigenvalue weighted by Crippen LogP contribution is -1.98. The summed E-state index contributed by atoms with van der Waals surface area (Å²) >= 11 is 0. The molecular formula is C24H19N5O2. The maximum Gasteiger partial charge on any atom is 0.262 e. The number of ether oxygens (including phenoxy) is 1. The smallest absolute Gasteiger partial charge is 0.262 e. The number of benzene rings is 2. The van der Waals surface area contributed by atoms with Gasteiger partial charge >= 0.3 is 0 Å². The van der Waals surface area contributed by atoms with Crippen molar-refractivity contribution in [1.29, 1.82) is 0 Å². The molecule has 0 fully saturated rings. The second-order valence-corrected chi connectivity index (χ2v) is 6.98. The fourth-order valence-electron chi connectivity index (χ4n) is 3.35. The molecule has 7 heteroatoms. The summed E-state index contributed by atoms with van der Waals surface area (Å²) in [5.74, 6) is 1.73. The van der Waals surface area contributed by atoms with Crippen LogP contribution in [0.3, 0.4) is 0 Å². The highest BCUT2D eigenvalue weighted by molar-refractivity contribution is 5.76. The van der Waals surface area contributed by atoms with Crippen LogP contribution in [0.15, 0.2) is 89.8 Å². The molecule has 31 heavy (non-hydrogen) atoms. The van der Waals surface area contributed by atoms with Gasteiger partial charge in [0.2, 0.25) is 5.82 Å². The SMILES string of the molecule is Cn1cc(-c2nc(-c3ccccc3COc3ccccc3)no2)c(-c2ccncc2)n1. The third kappa shape index (κ3) is 3.93. The minimum Gasteiger partial charge on any atom is -0.489 e. The number of nitrogens with zero attached hydrogens (tertiary/aromatic N) is 5. The molecule has 0 radical (unpaired) electrons. The topological polar surface area (TPSA) is 78.9 Å². The van der Waals surface area contributed by atoms with Crippen molar-refractivity contribution in [3.63, 3.8) is 0 Å². The van der Waals surface area contributed by atoms with Gasteiger partial charge in [-0.25, -0.2) is 0 Å². The predicted octanol–water partition coefficient (Wildman–Crippen LogP) is 4.78. The van der Waals surface area contributed by atoms with Crippen molar-refractivity contribution >= 4 is 0 Å². The van der Waals surface area contributed by atoms with E-state index in [1.807, 2.05) is 80.0 Å². The molecule has 0 aliphatic rings. The van der Waals surface area contributed by atoms with Crippen LogP contribution in [0.4, 0.5) is 0 Å². The number of hydrogen-bond acceptors (Lipinski definition) is 6. The summed E-state index contributed by atoms with van der Waals surface area (Å²) in [6, 6.07) is 21.4. The highest BCUT2D eigenvalue weighted by atomic mass is 16.5. The van der Waals surface area contributed by atoms with Gasteiger partial charge in [0.15, 0.2) is 0 Å². The third-order valence-corrected chi connectivity index (χ3v) is 4.83. The van der Waals surface area contributed by atoms with E-state index in [0.717, 1.165) is 33.7 Å². The van der Waals surface area contributed by atoms with E-state index in [0.29, 0.717) is 18.3 Å². The van der Waals surface area contributed by atoms with Gasteiger partial charge in [-0.3, -0.25) is 9.67 Å². The Hall–Kier alpha value is -4.26. The van der Waals surface area contributed by atoms with Crippen molar-refractivity contribution in [3.05, 3.63) is 90.9 Å². The van der Waals surface area contributed by atoms with Gasteiger partial charge in [-0.2, -0.15) is 10.1 Å². The molecule has 0 amide bonds. The zero-order valence-electron chi connectivity index (χ0n) is 16.8. The molecule has 152 valence electrons. The summed E-state index contributed by atoms with van der Waals surface area (Å²) in [7, 11) is 1.86. The maximum atomic E-state index is 5.92. The first-order valence-corrected chi connectivity index (χ1v) is 9.82. The van der Waals surface area contributed by atoms with Crippen LogP contribution in [-0.2, 0) is 13.7 Å².